The molecular formula is C16H22N2O5. The van der Waals surface area contributed by atoms with Crippen LogP contribution in [0.5, 0.6) is 0 Å². The molecular weight excluding hydrogens is 300 g/mol. The molecule has 0 fully saturated rings. The van der Waals surface area contributed by atoms with Crippen LogP contribution in [0.1, 0.15) is 25.8 Å². The number of aliphatic carboxylic acids is 1. The van der Waals surface area contributed by atoms with E-state index < -0.39 is 36.4 Å². The summed E-state index contributed by atoms with van der Waals surface area (Å²) in [6.07, 6.45) is -0.504. The van der Waals surface area contributed by atoms with Gasteiger partial charge in [-0.1, -0.05) is 44.2 Å². The molecule has 0 bridgehead atoms. The number of nitrogens with one attached hydrogen (secondary N) is 1. The summed E-state index contributed by atoms with van der Waals surface area (Å²) >= 11 is 0. The van der Waals surface area contributed by atoms with E-state index in [1.54, 1.807) is 13.8 Å². The molecule has 1 amide bonds. The van der Waals surface area contributed by atoms with Crippen LogP contribution in [0.2, 0.25) is 0 Å². The average Bonchev–Trinajstić information content (AvgIpc) is 2.50. The van der Waals surface area contributed by atoms with Crippen LogP contribution in [-0.2, 0) is 25.7 Å². The van der Waals surface area contributed by atoms with Gasteiger partial charge in [0, 0.05) is 0 Å². The fourth-order valence-corrected chi connectivity index (χ4v) is 1.86. The third kappa shape index (κ3) is 6.48. The second-order valence-corrected chi connectivity index (χ2v) is 5.53. The van der Waals surface area contributed by atoms with Crippen LogP contribution < -0.4 is 11.1 Å². The summed E-state index contributed by atoms with van der Waals surface area (Å²) < 4.78 is 5.20. The quantitative estimate of drug-likeness (QED) is 0.605. The van der Waals surface area contributed by atoms with Gasteiger partial charge in [-0.25, -0.2) is 4.79 Å². The lowest BCUT2D eigenvalue weighted by atomic mass is 10.0. The summed E-state index contributed by atoms with van der Waals surface area (Å²) in [5.74, 6) is -2.68. The minimum absolute atomic E-state index is 0.0972. The molecule has 0 aliphatic heterocycles. The van der Waals surface area contributed by atoms with Gasteiger partial charge in [0.1, 0.15) is 12.6 Å². The minimum Gasteiger partial charge on any atom is -0.481 e. The van der Waals surface area contributed by atoms with Gasteiger partial charge >= 0.3 is 11.9 Å². The molecule has 2 atom stereocenters. The van der Waals surface area contributed by atoms with Crippen LogP contribution in [0.4, 0.5) is 0 Å². The first-order valence-corrected chi connectivity index (χ1v) is 7.29. The molecule has 1 rings (SSSR count). The third-order valence-electron chi connectivity index (χ3n) is 3.17. The Kier molecular flexibility index (Phi) is 7.21. The van der Waals surface area contributed by atoms with E-state index in [1.807, 2.05) is 30.3 Å². The van der Waals surface area contributed by atoms with Gasteiger partial charge in [0.25, 0.3) is 0 Å². The first-order valence-electron chi connectivity index (χ1n) is 7.29. The Balaban J connectivity index is 2.61. The van der Waals surface area contributed by atoms with E-state index in [0.29, 0.717) is 0 Å². The molecule has 7 nitrogen and oxygen atoms in total. The number of hydrogen-bond acceptors (Lipinski definition) is 5. The zero-order valence-corrected chi connectivity index (χ0v) is 13.2. The Morgan fingerprint density at radius 1 is 1.22 bits per heavy atom. The molecule has 1 aromatic rings. The summed E-state index contributed by atoms with van der Waals surface area (Å²) in [6.45, 7) is 3.59. The Bertz CT molecular complexity index is 545. The maximum absolute atomic E-state index is 12.1. The van der Waals surface area contributed by atoms with Crippen molar-refractivity contribution in [2.75, 3.05) is 0 Å². The number of rotatable bonds is 8. The Labute approximate surface area is 134 Å². The highest BCUT2D eigenvalue weighted by Crippen LogP contribution is 2.08. The number of carbonyl (C=O) groups is 3. The smallest absolute Gasteiger partial charge is 0.329 e. The number of carboxylic acid groups (broad SMARTS) is 1. The molecule has 0 heterocycles. The highest BCUT2D eigenvalue weighted by atomic mass is 16.5. The first kappa shape index (κ1) is 18.6. The Morgan fingerprint density at radius 2 is 1.83 bits per heavy atom. The highest BCUT2D eigenvalue weighted by molar-refractivity contribution is 5.89. The molecule has 7 heteroatoms. The van der Waals surface area contributed by atoms with Crippen molar-refractivity contribution in [2.45, 2.75) is 39.0 Å². The molecule has 0 unspecified atom stereocenters. The predicted molar refractivity (Wildman–Crippen MR) is 83.2 cm³/mol. The molecule has 0 radical (unpaired) electrons. The van der Waals surface area contributed by atoms with E-state index in [4.69, 9.17) is 15.6 Å². The first-order chi connectivity index (χ1) is 10.8. The van der Waals surface area contributed by atoms with Crippen LogP contribution >= 0.6 is 0 Å². The van der Waals surface area contributed by atoms with Crippen LogP contribution in [0, 0.1) is 5.92 Å². The maximum atomic E-state index is 12.1. The predicted octanol–water partition coefficient (Wildman–Crippen LogP) is 0.673. The molecule has 1 aromatic carbocycles. The van der Waals surface area contributed by atoms with E-state index in [0.717, 1.165) is 5.56 Å². The average molecular weight is 322 g/mol. The number of hydrogen-bond donors (Lipinski definition) is 3. The molecule has 23 heavy (non-hydrogen) atoms. The molecule has 4 N–H and O–H groups in total. The molecule has 0 aliphatic carbocycles. The fourth-order valence-electron chi connectivity index (χ4n) is 1.86. The molecule has 0 saturated carbocycles. The highest BCUT2D eigenvalue weighted by Gasteiger charge is 2.28. The Hall–Kier alpha value is -2.41. The van der Waals surface area contributed by atoms with Crippen LogP contribution in [-0.4, -0.2) is 35.0 Å². The Morgan fingerprint density at radius 3 is 2.35 bits per heavy atom. The minimum atomic E-state index is -1.21. The van der Waals surface area contributed by atoms with Gasteiger partial charge in [-0.3, -0.25) is 9.59 Å². The number of esters is 1. The van der Waals surface area contributed by atoms with Crippen LogP contribution in [0.15, 0.2) is 30.3 Å². The molecule has 0 saturated heterocycles. The topological polar surface area (TPSA) is 119 Å². The van der Waals surface area contributed by atoms with E-state index in [9.17, 15) is 14.4 Å². The van der Waals surface area contributed by atoms with Crippen molar-refractivity contribution >= 4 is 17.8 Å². The van der Waals surface area contributed by atoms with Crippen molar-refractivity contribution in [1.82, 2.24) is 5.32 Å². The van der Waals surface area contributed by atoms with Gasteiger partial charge in [-0.05, 0) is 11.5 Å². The largest absolute Gasteiger partial charge is 0.481 e. The van der Waals surface area contributed by atoms with Crippen molar-refractivity contribution in [1.29, 1.82) is 0 Å². The summed E-state index contributed by atoms with van der Waals surface area (Å²) in [5, 5.41) is 11.1. The monoisotopic (exact) mass is 322 g/mol. The SMILES string of the molecule is CC(C)[C@H](NC(=O)[C@@H](N)CC(=O)O)C(=O)OCc1ccccc1. The second kappa shape index (κ2) is 8.89. The van der Waals surface area contributed by atoms with Gasteiger partial charge in [-0.15, -0.1) is 0 Å². The number of amides is 1. The van der Waals surface area contributed by atoms with Gasteiger partial charge in [0.15, 0.2) is 0 Å². The van der Waals surface area contributed by atoms with Crippen LogP contribution in [0.25, 0.3) is 0 Å². The number of ether oxygens (including phenoxy) is 1. The van der Waals surface area contributed by atoms with Crippen molar-refractivity contribution in [2.24, 2.45) is 11.7 Å². The van der Waals surface area contributed by atoms with Crippen molar-refractivity contribution in [3.05, 3.63) is 35.9 Å². The summed E-state index contributed by atoms with van der Waals surface area (Å²) in [6, 6.07) is 7.05. The fraction of sp³-hybridized carbons (Fsp3) is 0.438. The zero-order valence-electron chi connectivity index (χ0n) is 13.2. The summed E-state index contributed by atoms with van der Waals surface area (Å²) in [7, 11) is 0. The van der Waals surface area contributed by atoms with E-state index in [-0.39, 0.29) is 12.5 Å². The van der Waals surface area contributed by atoms with E-state index >= 15 is 0 Å². The van der Waals surface area contributed by atoms with Gasteiger partial charge in [0.05, 0.1) is 12.5 Å². The van der Waals surface area contributed by atoms with Gasteiger partial charge in [0.2, 0.25) is 5.91 Å². The van der Waals surface area contributed by atoms with E-state index in [1.165, 1.54) is 0 Å². The lowest BCUT2D eigenvalue weighted by Crippen LogP contribution is -2.51. The number of benzene rings is 1. The standard InChI is InChI=1S/C16H22N2O5/c1-10(2)14(18-15(21)12(17)8-13(19)20)16(22)23-9-11-6-4-3-5-7-11/h3-7,10,12,14H,8-9,17H2,1-2H3,(H,18,21)(H,19,20)/t12-,14-/m0/s1. The van der Waals surface area contributed by atoms with Crippen molar-refractivity contribution in [3.8, 4) is 0 Å². The lowest BCUT2D eigenvalue weighted by Gasteiger charge is -2.22. The third-order valence-corrected chi connectivity index (χ3v) is 3.17. The van der Waals surface area contributed by atoms with Crippen molar-refractivity contribution < 1.29 is 24.2 Å². The summed E-state index contributed by atoms with van der Waals surface area (Å²) in [5.41, 5.74) is 6.32. The maximum Gasteiger partial charge on any atom is 0.329 e. The zero-order chi connectivity index (χ0) is 17.4. The second-order valence-electron chi connectivity index (χ2n) is 5.53. The normalized spacial score (nSPS) is 13.2. The van der Waals surface area contributed by atoms with Crippen molar-refractivity contribution in [3.63, 3.8) is 0 Å². The van der Waals surface area contributed by atoms with Crippen LogP contribution in [0.3, 0.4) is 0 Å². The number of nitrogens with two attached hydrogens (primary N) is 1. The lowest BCUT2D eigenvalue weighted by molar-refractivity contribution is -0.150. The number of carbonyl (C=O) groups excluding carboxylic acids is 2. The molecule has 0 aliphatic rings. The van der Waals surface area contributed by atoms with E-state index in [2.05, 4.69) is 5.32 Å². The molecule has 0 aromatic heterocycles. The molecule has 126 valence electrons. The van der Waals surface area contributed by atoms with Gasteiger partial charge < -0.3 is 20.9 Å². The molecule has 0 spiro atoms. The number of carboxylic acids is 1. The summed E-state index contributed by atoms with van der Waals surface area (Å²) in [4.78, 5) is 34.6. The van der Waals surface area contributed by atoms with Gasteiger partial charge in [-0.2, -0.15) is 0 Å².